The summed E-state index contributed by atoms with van der Waals surface area (Å²) in [6.07, 6.45) is -0.307. The van der Waals surface area contributed by atoms with E-state index in [9.17, 15) is 14.9 Å². The molecule has 0 bridgehead atoms. The maximum absolute atomic E-state index is 11.2. The van der Waals surface area contributed by atoms with Gasteiger partial charge in [-0.2, -0.15) is 0 Å². The smallest absolute Gasteiger partial charge is 0.339 e. The van der Waals surface area contributed by atoms with Gasteiger partial charge in [0.25, 0.3) is 5.69 Å². The molecule has 1 atom stereocenters. The quantitative estimate of drug-likeness (QED) is 0.387. The molecule has 0 saturated heterocycles. The molecule has 0 radical (unpaired) electrons. The highest BCUT2D eigenvalue weighted by molar-refractivity contribution is 5.94. The minimum atomic E-state index is -0.531. The van der Waals surface area contributed by atoms with Crippen LogP contribution in [-0.2, 0) is 4.74 Å². The van der Waals surface area contributed by atoms with E-state index in [4.69, 9.17) is 4.74 Å². The third kappa shape index (κ3) is 1.14. The lowest BCUT2D eigenvalue weighted by Crippen LogP contribution is -1.95. The minimum absolute atomic E-state index is 0.0881. The Labute approximate surface area is 79.4 Å². The predicted molar refractivity (Wildman–Crippen MR) is 46.9 cm³/mol. The highest BCUT2D eigenvalue weighted by atomic mass is 16.6. The van der Waals surface area contributed by atoms with Crippen molar-refractivity contribution in [2.75, 3.05) is 0 Å². The first-order chi connectivity index (χ1) is 6.59. The van der Waals surface area contributed by atoms with Crippen LogP contribution in [0.25, 0.3) is 0 Å². The number of fused-ring (bicyclic) bond motifs is 1. The molecule has 0 aromatic heterocycles. The van der Waals surface area contributed by atoms with Crippen molar-refractivity contribution in [3.8, 4) is 0 Å². The van der Waals surface area contributed by atoms with Crippen LogP contribution in [0, 0.1) is 10.1 Å². The van der Waals surface area contributed by atoms with Crippen LogP contribution in [0.3, 0.4) is 0 Å². The van der Waals surface area contributed by atoms with Crippen molar-refractivity contribution in [2.24, 2.45) is 0 Å². The van der Waals surface area contributed by atoms with Gasteiger partial charge in [0.05, 0.1) is 10.5 Å². The lowest BCUT2D eigenvalue weighted by molar-refractivity contribution is -0.384. The molecule has 1 unspecified atom stereocenters. The van der Waals surface area contributed by atoms with E-state index in [0.29, 0.717) is 11.1 Å². The molecule has 2 rings (SSSR count). The molecule has 1 aromatic carbocycles. The first kappa shape index (κ1) is 8.68. The molecule has 1 heterocycles. The average molecular weight is 193 g/mol. The van der Waals surface area contributed by atoms with Crippen LogP contribution in [0.1, 0.15) is 28.9 Å². The Morgan fingerprint density at radius 3 is 2.86 bits per heavy atom. The summed E-state index contributed by atoms with van der Waals surface area (Å²) in [6.45, 7) is 1.73. The van der Waals surface area contributed by atoms with Crippen molar-refractivity contribution < 1.29 is 14.5 Å². The van der Waals surface area contributed by atoms with Crippen LogP contribution in [0.2, 0.25) is 0 Å². The molecule has 1 aliphatic heterocycles. The molecule has 72 valence electrons. The van der Waals surface area contributed by atoms with Crippen molar-refractivity contribution >= 4 is 11.7 Å². The van der Waals surface area contributed by atoms with Crippen molar-refractivity contribution in [3.05, 3.63) is 39.4 Å². The fourth-order valence-corrected chi connectivity index (χ4v) is 1.48. The molecule has 1 aliphatic rings. The molecule has 5 heteroatoms. The number of non-ortho nitro benzene ring substituents is 1. The van der Waals surface area contributed by atoms with E-state index in [2.05, 4.69) is 0 Å². The second-order valence-corrected chi connectivity index (χ2v) is 3.08. The normalized spacial score (nSPS) is 18.9. The number of carbonyl (C=O) groups excluding carboxylic acids is 1. The number of rotatable bonds is 1. The largest absolute Gasteiger partial charge is 0.454 e. The first-order valence-electron chi connectivity index (χ1n) is 4.09. The van der Waals surface area contributed by atoms with E-state index in [1.807, 2.05) is 0 Å². The maximum atomic E-state index is 11.2. The van der Waals surface area contributed by atoms with E-state index in [-0.39, 0.29) is 11.8 Å². The van der Waals surface area contributed by atoms with Crippen LogP contribution in [-0.4, -0.2) is 10.9 Å². The molecule has 0 spiro atoms. The average Bonchev–Trinajstić information content (AvgIpc) is 2.42. The minimum Gasteiger partial charge on any atom is -0.454 e. The topological polar surface area (TPSA) is 69.4 Å². The van der Waals surface area contributed by atoms with Crippen molar-refractivity contribution in [1.29, 1.82) is 0 Å². The monoisotopic (exact) mass is 193 g/mol. The standard InChI is InChI=1S/C9H7NO4/c1-5-7-3-2-6(10(12)13)4-8(7)9(11)14-5/h2-5H,1H3. The summed E-state index contributed by atoms with van der Waals surface area (Å²) in [5.41, 5.74) is 0.919. The number of carbonyl (C=O) groups is 1. The van der Waals surface area contributed by atoms with E-state index in [1.54, 1.807) is 13.0 Å². The van der Waals surface area contributed by atoms with Crippen LogP contribution < -0.4 is 0 Å². The van der Waals surface area contributed by atoms with Gasteiger partial charge in [-0.15, -0.1) is 0 Å². The number of cyclic esters (lactones) is 1. The van der Waals surface area contributed by atoms with Gasteiger partial charge in [-0.05, 0) is 13.0 Å². The fraction of sp³-hybridized carbons (Fsp3) is 0.222. The summed E-state index contributed by atoms with van der Waals surface area (Å²) >= 11 is 0. The highest BCUT2D eigenvalue weighted by Crippen LogP contribution is 2.32. The lowest BCUT2D eigenvalue weighted by Gasteiger charge is -2.00. The van der Waals surface area contributed by atoms with Gasteiger partial charge in [-0.3, -0.25) is 10.1 Å². The zero-order chi connectivity index (χ0) is 10.3. The molecule has 5 nitrogen and oxygen atoms in total. The summed E-state index contributed by atoms with van der Waals surface area (Å²) in [6, 6.07) is 4.18. The summed E-state index contributed by atoms with van der Waals surface area (Å²) in [7, 11) is 0. The Morgan fingerprint density at radius 2 is 2.21 bits per heavy atom. The van der Waals surface area contributed by atoms with E-state index in [0.717, 1.165) is 0 Å². The van der Waals surface area contributed by atoms with Crippen molar-refractivity contribution in [1.82, 2.24) is 0 Å². The Morgan fingerprint density at radius 1 is 1.50 bits per heavy atom. The maximum Gasteiger partial charge on any atom is 0.339 e. The first-order valence-corrected chi connectivity index (χ1v) is 4.09. The number of ether oxygens (including phenoxy) is 1. The lowest BCUT2D eigenvalue weighted by atomic mass is 10.1. The molecule has 0 saturated carbocycles. The van der Waals surface area contributed by atoms with E-state index < -0.39 is 10.9 Å². The fourth-order valence-electron chi connectivity index (χ4n) is 1.48. The second-order valence-electron chi connectivity index (χ2n) is 3.08. The third-order valence-corrected chi connectivity index (χ3v) is 2.19. The zero-order valence-corrected chi connectivity index (χ0v) is 7.39. The molecule has 0 N–H and O–H groups in total. The van der Waals surface area contributed by atoms with Crippen LogP contribution in [0.15, 0.2) is 18.2 Å². The van der Waals surface area contributed by atoms with Gasteiger partial charge in [0.15, 0.2) is 0 Å². The number of nitro benzene ring substituents is 1. The van der Waals surface area contributed by atoms with E-state index >= 15 is 0 Å². The molecule has 0 aliphatic carbocycles. The predicted octanol–water partition coefficient (Wildman–Crippen LogP) is 1.83. The Hall–Kier alpha value is -1.91. The molecule has 14 heavy (non-hydrogen) atoms. The SMILES string of the molecule is CC1OC(=O)c2cc([N+](=O)[O-])ccc21. The number of hydrogen-bond donors (Lipinski definition) is 0. The molecular formula is C9H7NO4. The molecule has 0 amide bonds. The van der Waals surface area contributed by atoms with Gasteiger partial charge in [-0.1, -0.05) is 0 Å². The van der Waals surface area contributed by atoms with E-state index in [1.165, 1.54) is 12.1 Å². The summed E-state index contributed by atoms with van der Waals surface area (Å²) in [5, 5.41) is 10.4. The summed E-state index contributed by atoms with van der Waals surface area (Å²) in [5.74, 6) is -0.490. The summed E-state index contributed by atoms with van der Waals surface area (Å²) in [4.78, 5) is 21.1. The number of nitrogens with zero attached hydrogens (tertiary/aromatic N) is 1. The van der Waals surface area contributed by atoms with Crippen molar-refractivity contribution in [3.63, 3.8) is 0 Å². The Kier molecular flexibility index (Phi) is 1.73. The van der Waals surface area contributed by atoms with Crippen LogP contribution in [0.5, 0.6) is 0 Å². The summed E-state index contributed by atoms with van der Waals surface area (Å²) < 4.78 is 4.90. The Balaban J connectivity index is 2.55. The van der Waals surface area contributed by atoms with Gasteiger partial charge in [0.2, 0.25) is 0 Å². The third-order valence-electron chi connectivity index (χ3n) is 2.19. The number of hydrogen-bond acceptors (Lipinski definition) is 4. The number of benzene rings is 1. The van der Waals surface area contributed by atoms with Crippen LogP contribution in [0.4, 0.5) is 5.69 Å². The van der Waals surface area contributed by atoms with Gasteiger partial charge in [-0.25, -0.2) is 4.79 Å². The van der Waals surface area contributed by atoms with Gasteiger partial charge in [0.1, 0.15) is 6.10 Å². The van der Waals surface area contributed by atoms with Crippen molar-refractivity contribution in [2.45, 2.75) is 13.0 Å². The Bertz CT molecular complexity index is 427. The molecule has 1 aromatic rings. The number of nitro groups is 1. The number of esters is 1. The molecular weight excluding hydrogens is 186 g/mol. The zero-order valence-electron chi connectivity index (χ0n) is 7.39. The second kappa shape index (κ2) is 2.80. The van der Waals surface area contributed by atoms with Gasteiger partial charge >= 0.3 is 5.97 Å². The van der Waals surface area contributed by atoms with Gasteiger partial charge < -0.3 is 4.74 Å². The van der Waals surface area contributed by atoms with Gasteiger partial charge in [0, 0.05) is 17.7 Å². The van der Waals surface area contributed by atoms with Crippen LogP contribution >= 0.6 is 0 Å². The molecule has 0 fully saturated rings. The highest BCUT2D eigenvalue weighted by Gasteiger charge is 2.29.